The fourth-order valence-corrected chi connectivity index (χ4v) is 2.89. The Bertz CT molecular complexity index is 791. The van der Waals surface area contributed by atoms with Crippen molar-refractivity contribution in [1.82, 2.24) is 14.6 Å². The zero-order valence-electron chi connectivity index (χ0n) is 10.6. The lowest BCUT2D eigenvalue weighted by atomic mass is 10.1. The molecular weight excluding hydrogens is 338 g/mol. The molecule has 1 aromatic carbocycles. The van der Waals surface area contributed by atoms with E-state index in [9.17, 15) is 0 Å². The van der Waals surface area contributed by atoms with Gasteiger partial charge in [0.1, 0.15) is 5.15 Å². The highest BCUT2D eigenvalue weighted by molar-refractivity contribution is 9.10. The second-order valence-corrected chi connectivity index (χ2v) is 6.38. The molecule has 0 unspecified atom stereocenters. The van der Waals surface area contributed by atoms with Crippen LogP contribution in [0.25, 0.3) is 16.9 Å². The van der Waals surface area contributed by atoms with Crippen molar-refractivity contribution >= 4 is 33.2 Å². The van der Waals surface area contributed by atoms with Gasteiger partial charge in [0, 0.05) is 21.7 Å². The quantitative estimate of drug-likeness (QED) is 0.629. The smallest absolute Gasteiger partial charge is 0.160 e. The highest BCUT2D eigenvalue weighted by Crippen LogP contribution is 2.42. The van der Waals surface area contributed by atoms with E-state index in [1.165, 1.54) is 18.4 Å². The summed E-state index contributed by atoms with van der Waals surface area (Å²) in [7, 11) is 0. The zero-order valence-corrected chi connectivity index (χ0v) is 12.9. The summed E-state index contributed by atoms with van der Waals surface area (Å²) < 4.78 is 2.77. The van der Waals surface area contributed by atoms with Gasteiger partial charge in [0.2, 0.25) is 0 Å². The molecule has 0 amide bonds. The highest BCUT2D eigenvalue weighted by atomic mass is 79.9. The first-order chi connectivity index (χ1) is 9.72. The molecule has 0 N–H and O–H groups in total. The van der Waals surface area contributed by atoms with Crippen LogP contribution in [0.2, 0.25) is 5.15 Å². The van der Waals surface area contributed by atoms with Crippen LogP contribution in [0.5, 0.6) is 0 Å². The second-order valence-electron chi connectivity index (χ2n) is 5.08. The van der Waals surface area contributed by atoms with Crippen LogP contribution in [0.1, 0.15) is 24.3 Å². The summed E-state index contributed by atoms with van der Waals surface area (Å²) in [5, 5.41) is 4.94. The number of hydrogen-bond acceptors (Lipinski definition) is 2. The first-order valence-corrected chi connectivity index (χ1v) is 7.69. The molecule has 1 aliphatic rings. The van der Waals surface area contributed by atoms with Crippen LogP contribution < -0.4 is 0 Å². The molecule has 4 rings (SSSR count). The lowest BCUT2D eigenvalue weighted by Crippen LogP contribution is -1.95. The molecule has 0 aliphatic heterocycles. The van der Waals surface area contributed by atoms with Gasteiger partial charge < -0.3 is 0 Å². The Morgan fingerprint density at radius 2 is 1.95 bits per heavy atom. The second kappa shape index (κ2) is 4.57. The predicted molar refractivity (Wildman–Crippen MR) is 83.1 cm³/mol. The Morgan fingerprint density at radius 3 is 2.65 bits per heavy atom. The molecule has 0 spiro atoms. The third-order valence-corrected chi connectivity index (χ3v) is 4.41. The van der Waals surface area contributed by atoms with Crippen LogP contribution >= 0.6 is 27.5 Å². The Balaban J connectivity index is 1.91. The van der Waals surface area contributed by atoms with Gasteiger partial charge in [-0.15, -0.1) is 0 Å². The van der Waals surface area contributed by atoms with Gasteiger partial charge in [-0.05, 0) is 30.9 Å². The van der Waals surface area contributed by atoms with E-state index in [1.807, 2.05) is 36.5 Å². The number of rotatable bonds is 2. The van der Waals surface area contributed by atoms with Crippen LogP contribution in [0.15, 0.2) is 41.0 Å². The minimum absolute atomic E-state index is 0.597. The third-order valence-electron chi connectivity index (χ3n) is 3.61. The normalized spacial score (nSPS) is 14.9. The SMILES string of the molecule is Clc1cc(-c2ccc(Br)cc2)nc2c(C3CC3)cnn12. The fourth-order valence-electron chi connectivity index (χ4n) is 2.39. The third kappa shape index (κ3) is 2.03. The summed E-state index contributed by atoms with van der Waals surface area (Å²) in [5.74, 6) is 0.608. The predicted octanol–water partition coefficient (Wildman–Crippen LogP) is 4.69. The maximum Gasteiger partial charge on any atom is 0.160 e. The number of benzene rings is 1. The molecule has 100 valence electrons. The van der Waals surface area contributed by atoms with Crippen molar-refractivity contribution in [1.29, 1.82) is 0 Å². The van der Waals surface area contributed by atoms with Gasteiger partial charge in [0.25, 0.3) is 0 Å². The van der Waals surface area contributed by atoms with Gasteiger partial charge in [-0.1, -0.05) is 39.7 Å². The average molecular weight is 349 g/mol. The Morgan fingerprint density at radius 1 is 1.20 bits per heavy atom. The summed E-state index contributed by atoms with van der Waals surface area (Å²) in [6.45, 7) is 0. The van der Waals surface area contributed by atoms with Crippen molar-refractivity contribution in [3.63, 3.8) is 0 Å². The summed E-state index contributed by atoms with van der Waals surface area (Å²) in [6.07, 6.45) is 4.35. The lowest BCUT2D eigenvalue weighted by molar-refractivity contribution is 0.941. The summed E-state index contributed by atoms with van der Waals surface area (Å²) in [4.78, 5) is 4.76. The molecule has 2 heterocycles. The monoisotopic (exact) mass is 347 g/mol. The van der Waals surface area contributed by atoms with E-state index in [1.54, 1.807) is 4.52 Å². The molecule has 1 saturated carbocycles. The maximum absolute atomic E-state index is 6.33. The van der Waals surface area contributed by atoms with E-state index < -0.39 is 0 Å². The van der Waals surface area contributed by atoms with E-state index >= 15 is 0 Å². The lowest BCUT2D eigenvalue weighted by Gasteiger charge is -2.05. The van der Waals surface area contributed by atoms with Gasteiger partial charge in [-0.2, -0.15) is 5.10 Å². The van der Waals surface area contributed by atoms with Crippen molar-refractivity contribution in [3.05, 3.63) is 51.7 Å². The highest BCUT2D eigenvalue weighted by Gasteiger charge is 2.28. The molecule has 0 atom stereocenters. The minimum Gasteiger partial charge on any atom is -0.228 e. The molecule has 5 heteroatoms. The van der Waals surface area contributed by atoms with Crippen molar-refractivity contribution in [2.75, 3.05) is 0 Å². The molecule has 1 fully saturated rings. The molecule has 1 aliphatic carbocycles. The van der Waals surface area contributed by atoms with Gasteiger partial charge in [0.15, 0.2) is 5.65 Å². The number of fused-ring (bicyclic) bond motifs is 1. The zero-order chi connectivity index (χ0) is 13.7. The molecule has 20 heavy (non-hydrogen) atoms. The van der Waals surface area contributed by atoms with Crippen LogP contribution in [-0.4, -0.2) is 14.6 Å². The van der Waals surface area contributed by atoms with Gasteiger partial charge in [-0.25, -0.2) is 9.50 Å². The van der Waals surface area contributed by atoms with Crippen LogP contribution in [0.3, 0.4) is 0 Å². The number of nitrogens with zero attached hydrogens (tertiary/aromatic N) is 3. The first kappa shape index (κ1) is 12.4. The topological polar surface area (TPSA) is 30.2 Å². The van der Waals surface area contributed by atoms with E-state index in [-0.39, 0.29) is 0 Å². The van der Waals surface area contributed by atoms with Crippen LogP contribution in [0, 0.1) is 0 Å². The Hall–Kier alpha value is -1.39. The molecule has 3 nitrogen and oxygen atoms in total. The van der Waals surface area contributed by atoms with Crippen LogP contribution in [-0.2, 0) is 0 Å². The number of hydrogen-bond donors (Lipinski definition) is 0. The maximum atomic E-state index is 6.33. The molecule has 3 aromatic rings. The standard InChI is InChI=1S/C15H11BrClN3/c16-11-5-3-10(4-6-11)13-7-14(17)20-15(19-13)12(8-18-20)9-1-2-9/h3-9H,1-2H2. The summed E-state index contributed by atoms with van der Waals surface area (Å²) >= 11 is 9.78. The van der Waals surface area contributed by atoms with Gasteiger partial charge in [0.05, 0.1) is 11.9 Å². The largest absolute Gasteiger partial charge is 0.228 e. The van der Waals surface area contributed by atoms with E-state index in [2.05, 4.69) is 21.0 Å². The number of aromatic nitrogens is 3. The van der Waals surface area contributed by atoms with Crippen molar-refractivity contribution < 1.29 is 0 Å². The number of halogens is 2. The fraction of sp³-hybridized carbons (Fsp3) is 0.200. The summed E-state index contributed by atoms with van der Waals surface area (Å²) in [5.41, 5.74) is 4.04. The molecule has 2 aromatic heterocycles. The average Bonchev–Trinajstić information content (AvgIpc) is 3.19. The summed E-state index contributed by atoms with van der Waals surface area (Å²) in [6, 6.07) is 9.95. The molecule has 0 radical (unpaired) electrons. The first-order valence-electron chi connectivity index (χ1n) is 6.52. The molecular formula is C15H11BrClN3. The molecule has 0 saturated heterocycles. The van der Waals surface area contributed by atoms with Crippen molar-refractivity contribution in [2.24, 2.45) is 0 Å². The van der Waals surface area contributed by atoms with Crippen LogP contribution in [0.4, 0.5) is 0 Å². The van der Waals surface area contributed by atoms with Gasteiger partial charge in [-0.3, -0.25) is 0 Å². The van der Waals surface area contributed by atoms with Crippen molar-refractivity contribution in [2.45, 2.75) is 18.8 Å². The molecule has 0 bridgehead atoms. The Labute approximate surface area is 129 Å². The van der Waals surface area contributed by atoms with Crippen molar-refractivity contribution in [3.8, 4) is 11.3 Å². The van der Waals surface area contributed by atoms with E-state index in [0.717, 1.165) is 21.4 Å². The van der Waals surface area contributed by atoms with E-state index in [4.69, 9.17) is 16.6 Å². The Kier molecular flexibility index (Phi) is 2.82. The van der Waals surface area contributed by atoms with E-state index in [0.29, 0.717) is 11.1 Å². The minimum atomic E-state index is 0.597. The van der Waals surface area contributed by atoms with Gasteiger partial charge >= 0.3 is 0 Å².